The van der Waals surface area contributed by atoms with Crippen molar-refractivity contribution in [2.45, 2.75) is 29.5 Å². The van der Waals surface area contributed by atoms with Crippen molar-refractivity contribution in [3.8, 4) is 0 Å². The van der Waals surface area contributed by atoms with Gasteiger partial charge in [-0.3, -0.25) is 4.98 Å². The summed E-state index contributed by atoms with van der Waals surface area (Å²) in [5.74, 6) is 0.601. The first-order valence-electron chi connectivity index (χ1n) is 6.97. The molecule has 6 heteroatoms. The summed E-state index contributed by atoms with van der Waals surface area (Å²) in [4.78, 5) is 4.80. The molecule has 1 heterocycles. The number of hydrogen-bond acceptors (Lipinski definition) is 3. The van der Waals surface area contributed by atoms with Crippen LogP contribution in [-0.4, -0.2) is 24.8 Å². The molecule has 0 saturated heterocycles. The third kappa shape index (κ3) is 3.12. The van der Waals surface area contributed by atoms with Crippen LogP contribution in [0.1, 0.15) is 18.4 Å². The molecule has 1 aromatic carbocycles. The van der Waals surface area contributed by atoms with E-state index in [-0.39, 0.29) is 4.83 Å². The largest absolute Gasteiger partial charge is 0.256 e. The Morgan fingerprint density at radius 2 is 2.14 bits per heavy atom. The van der Waals surface area contributed by atoms with E-state index in [0.29, 0.717) is 22.7 Å². The van der Waals surface area contributed by atoms with E-state index in [0.717, 1.165) is 11.1 Å². The van der Waals surface area contributed by atoms with Gasteiger partial charge in [0, 0.05) is 23.0 Å². The van der Waals surface area contributed by atoms with Crippen LogP contribution in [0.5, 0.6) is 0 Å². The van der Waals surface area contributed by atoms with Crippen LogP contribution in [0, 0.1) is 12.8 Å². The zero-order valence-electron chi connectivity index (χ0n) is 11.7. The molecule has 3 rings (SSSR count). The summed E-state index contributed by atoms with van der Waals surface area (Å²) >= 11 is 3.55. The second-order valence-electron chi connectivity index (χ2n) is 5.49. The van der Waals surface area contributed by atoms with Gasteiger partial charge in [-0.25, -0.2) is 13.1 Å². The molecular formula is C15H17BrN2O2S. The summed E-state index contributed by atoms with van der Waals surface area (Å²) in [7, 11) is -3.52. The van der Waals surface area contributed by atoms with Crippen LogP contribution in [0.3, 0.4) is 0 Å². The molecule has 112 valence electrons. The molecule has 0 radical (unpaired) electrons. The standard InChI is InChI=1S/C15H17BrN2O2S/c1-10-4-7-14(12-3-2-8-17-15(10)12)21(19,20)18-9-13(16)11-5-6-11/h2-4,7-8,11,13,18H,5-6,9H2,1H3. The molecule has 1 atom stereocenters. The SMILES string of the molecule is Cc1ccc(S(=O)(=O)NCC(Br)C2CC2)c2cccnc12. The number of hydrogen-bond donors (Lipinski definition) is 1. The quantitative estimate of drug-likeness (QED) is 0.825. The van der Waals surface area contributed by atoms with Crippen molar-refractivity contribution in [2.75, 3.05) is 6.54 Å². The second kappa shape index (κ2) is 5.66. The summed E-state index contributed by atoms with van der Waals surface area (Å²) in [5, 5.41) is 0.669. The van der Waals surface area contributed by atoms with Gasteiger partial charge in [0.25, 0.3) is 0 Å². The van der Waals surface area contributed by atoms with Gasteiger partial charge >= 0.3 is 0 Å². The Labute approximate surface area is 133 Å². The number of nitrogens with zero attached hydrogens (tertiary/aromatic N) is 1. The number of halogens is 1. The third-order valence-corrected chi connectivity index (χ3v) is 6.38. The summed E-state index contributed by atoms with van der Waals surface area (Å²) in [6.07, 6.45) is 4.03. The minimum Gasteiger partial charge on any atom is -0.256 e. The molecule has 1 aliphatic carbocycles. The fourth-order valence-corrected chi connectivity index (χ4v) is 4.57. The Hall–Kier alpha value is -0.980. The molecule has 0 bridgehead atoms. The van der Waals surface area contributed by atoms with Gasteiger partial charge in [0.15, 0.2) is 0 Å². The Balaban J connectivity index is 1.93. The van der Waals surface area contributed by atoms with E-state index in [1.807, 2.05) is 6.92 Å². The number of aryl methyl sites for hydroxylation is 1. The van der Waals surface area contributed by atoms with Gasteiger partial charge < -0.3 is 0 Å². The summed E-state index contributed by atoms with van der Waals surface area (Å²) in [6, 6.07) is 7.02. The number of alkyl halides is 1. The second-order valence-corrected chi connectivity index (χ2v) is 8.40. The maximum atomic E-state index is 12.5. The predicted octanol–water partition coefficient (Wildman–Crippen LogP) is 3.00. The van der Waals surface area contributed by atoms with Gasteiger partial charge in [0.1, 0.15) is 0 Å². The minimum absolute atomic E-state index is 0.210. The van der Waals surface area contributed by atoms with Crippen molar-refractivity contribution < 1.29 is 8.42 Å². The van der Waals surface area contributed by atoms with Gasteiger partial charge in [0.05, 0.1) is 10.4 Å². The van der Waals surface area contributed by atoms with Gasteiger partial charge in [0.2, 0.25) is 10.0 Å². The summed E-state index contributed by atoms with van der Waals surface area (Å²) in [6.45, 7) is 2.35. The number of fused-ring (bicyclic) bond motifs is 1. The van der Waals surface area contributed by atoms with E-state index in [1.54, 1.807) is 30.5 Å². The maximum absolute atomic E-state index is 12.5. The van der Waals surface area contributed by atoms with Crippen molar-refractivity contribution in [3.63, 3.8) is 0 Å². The highest BCUT2D eigenvalue weighted by Crippen LogP contribution is 2.36. The van der Waals surface area contributed by atoms with Crippen LogP contribution in [0.25, 0.3) is 10.9 Å². The molecule has 1 fully saturated rings. The van der Waals surface area contributed by atoms with Crippen LogP contribution < -0.4 is 4.72 Å². The van der Waals surface area contributed by atoms with Gasteiger partial charge in [-0.05, 0) is 49.4 Å². The van der Waals surface area contributed by atoms with Crippen molar-refractivity contribution in [1.82, 2.24) is 9.71 Å². The Kier molecular flexibility index (Phi) is 4.03. The van der Waals surface area contributed by atoms with Crippen molar-refractivity contribution in [1.29, 1.82) is 0 Å². The number of rotatable bonds is 5. The molecule has 0 aliphatic heterocycles. The number of pyridine rings is 1. The van der Waals surface area contributed by atoms with Crippen molar-refractivity contribution in [3.05, 3.63) is 36.0 Å². The highest BCUT2D eigenvalue weighted by atomic mass is 79.9. The maximum Gasteiger partial charge on any atom is 0.241 e. The molecule has 1 saturated carbocycles. The number of sulfonamides is 1. The molecule has 2 aromatic rings. The van der Waals surface area contributed by atoms with Crippen LogP contribution >= 0.6 is 15.9 Å². The summed E-state index contributed by atoms with van der Waals surface area (Å²) < 4.78 is 27.8. The normalized spacial score (nSPS) is 17.0. The van der Waals surface area contributed by atoms with Crippen LogP contribution in [0.2, 0.25) is 0 Å². The molecule has 1 aromatic heterocycles. The van der Waals surface area contributed by atoms with Crippen LogP contribution in [-0.2, 0) is 10.0 Å². The first-order valence-corrected chi connectivity index (χ1v) is 9.37. The topological polar surface area (TPSA) is 59.1 Å². The third-order valence-electron chi connectivity index (χ3n) is 3.82. The lowest BCUT2D eigenvalue weighted by molar-refractivity contribution is 0.578. The lowest BCUT2D eigenvalue weighted by Crippen LogP contribution is -2.30. The average Bonchev–Trinajstić information content (AvgIpc) is 3.30. The van der Waals surface area contributed by atoms with E-state index in [2.05, 4.69) is 25.6 Å². The number of nitrogens with one attached hydrogen (secondary N) is 1. The fraction of sp³-hybridized carbons (Fsp3) is 0.400. The van der Waals surface area contributed by atoms with Crippen molar-refractivity contribution >= 4 is 36.9 Å². The van der Waals surface area contributed by atoms with E-state index < -0.39 is 10.0 Å². The molecule has 1 unspecified atom stereocenters. The predicted molar refractivity (Wildman–Crippen MR) is 87.1 cm³/mol. The Morgan fingerprint density at radius 3 is 2.86 bits per heavy atom. The van der Waals surface area contributed by atoms with Gasteiger partial charge in [-0.15, -0.1) is 0 Å². The minimum atomic E-state index is -3.52. The highest BCUT2D eigenvalue weighted by molar-refractivity contribution is 9.09. The monoisotopic (exact) mass is 368 g/mol. The van der Waals surface area contributed by atoms with Crippen LogP contribution in [0.15, 0.2) is 35.4 Å². The van der Waals surface area contributed by atoms with Gasteiger partial charge in [-0.1, -0.05) is 22.0 Å². The zero-order valence-corrected chi connectivity index (χ0v) is 14.1. The fourth-order valence-electron chi connectivity index (χ4n) is 2.41. The van der Waals surface area contributed by atoms with E-state index in [9.17, 15) is 8.42 Å². The number of aromatic nitrogens is 1. The Morgan fingerprint density at radius 1 is 1.38 bits per heavy atom. The highest BCUT2D eigenvalue weighted by Gasteiger charge is 2.30. The first kappa shape index (κ1) is 14.9. The van der Waals surface area contributed by atoms with E-state index in [1.165, 1.54) is 12.8 Å². The first-order chi connectivity index (χ1) is 9.99. The average molecular weight is 369 g/mol. The Bertz CT molecular complexity index is 772. The zero-order chi connectivity index (χ0) is 15.0. The lowest BCUT2D eigenvalue weighted by atomic mass is 10.1. The molecule has 1 N–H and O–H groups in total. The lowest BCUT2D eigenvalue weighted by Gasteiger charge is -2.13. The molecule has 21 heavy (non-hydrogen) atoms. The van der Waals surface area contributed by atoms with Gasteiger partial charge in [-0.2, -0.15) is 0 Å². The molecule has 0 amide bonds. The van der Waals surface area contributed by atoms with Crippen molar-refractivity contribution in [2.24, 2.45) is 5.92 Å². The van der Waals surface area contributed by atoms with Crippen LogP contribution in [0.4, 0.5) is 0 Å². The number of benzene rings is 1. The van der Waals surface area contributed by atoms with E-state index in [4.69, 9.17) is 0 Å². The molecule has 4 nitrogen and oxygen atoms in total. The molecule has 0 spiro atoms. The molecule has 1 aliphatic rings. The van der Waals surface area contributed by atoms with E-state index >= 15 is 0 Å². The molecular weight excluding hydrogens is 352 g/mol. The smallest absolute Gasteiger partial charge is 0.241 e. The summed E-state index contributed by atoms with van der Waals surface area (Å²) in [5.41, 5.74) is 1.71.